The topological polar surface area (TPSA) is 87.3 Å². The number of nitrogens with zero attached hydrogens (tertiary/aromatic N) is 3. The Morgan fingerprint density at radius 1 is 1.35 bits per heavy atom. The first kappa shape index (κ1) is 15.0. The zero-order valence-electron chi connectivity index (χ0n) is 12.4. The molecule has 6 heteroatoms. The first-order valence-corrected chi connectivity index (χ1v) is 7.42. The molecule has 0 amide bonds. The van der Waals surface area contributed by atoms with Crippen LogP contribution in [-0.2, 0) is 0 Å². The third kappa shape index (κ3) is 3.37. The van der Waals surface area contributed by atoms with Crippen LogP contribution >= 0.6 is 0 Å². The van der Waals surface area contributed by atoms with Crippen LogP contribution in [-0.4, -0.2) is 34.8 Å². The summed E-state index contributed by atoms with van der Waals surface area (Å²) in [6, 6.07) is 0. The molecular formula is C14H25N5O. The second kappa shape index (κ2) is 6.85. The molecule has 0 saturated heterocycles. The van der Waals surface area contributed by atoms with Gasteiger partial charge in [-0.05, 0) is 26.2 Å². The van der Waals surface area contributed by atoms with Gasteiger partial charge in [0.1, 0.15) is 17.5 Å². The third-order valence-electron chi connectivity index (χ3n) is 3.67. The van der Waals surface area contributed by atoms with E-state index < -0.39 is 0 Å². The van der Waals surface area contributed by atoms with E-state index in [0.717, 1.165) is 49.4 Å². The van der Waals surface area contributed by atoms with Crippen LogP contribution in [0.2, 0.25) is 0 Å². The van der Waals surface area contributed by atoms with Gasteiger partial charge < -0.3 is 15.4 Å². The van der Waals surface area contributed by atoms with Crippen LogP contribution in [0, 0.1) is 6.92 Å². The smallest absolute Gasteiger partial charge is 0.148 e. The van der Waals surface area contributed by atoms with Gasteiger partial charge in [-0.15, -0.1) is 0 Å². The highest BCUT2D eigenvalue weighted by Crippen LogP contribution is 2.39. The standard InChI is InChI=1S/C14H25N5O/c1-3-4-7-19(8-9-20)14-10(2)12(18-15)16-13(17-14)11-5-6-11/h11,20H,3-9,15H2,1-2H3,(H,16,17,18). The third-order valence-corrected chi connectivity index (χ3v) is 3.67. The number of hydrogen-bond acceptors (Lipinski definition) is 6. The first-order valence-electron chi connectivity index (χ1n) is 7.42. The number of hydrazine groups is 1. The minimum Gasteiger partial charge on any atom is -0.395 e. The normalized spacial score (nSPS) is 14.4. The van der Waals surface area contributed by atoms with E-state index in [4.69, 9.17) is 10.8 Å². The minimum atomic E-state index is 0.122. The first-order chi connectivity index (χ1) is 9.71. The summed E-state index contributed by atoms with van der Waals surface area (Å²) in [5.41, 5.74) is 3.62. The number of anilines is 2. The predicted octanol–water partition coefficient (Wildman–Crippen LogP) is 1.55. The molecule has 20 heavy (non-hydrogen) atoms. The highest BCUT2D eigenvalue weighted by atomic mass is 16.3. The lowest BCUT2D eigenvalue weighted by molar-refractivity contribution is 0.301. The van der Waals surface area contributed by atoms with Gasteiger partial charge in [0.2, 0.25) is 0 Å². The SMILES string of the molecule is CCCCN(CCO)c1nc(C2CC2)nc(NN)c1C. The van der Waals surface area contributed by atoms with Gasteiger partial charge in [-0.3, -0.25) is 0 Å². The molecule has 1 heterocycles. The molecule has 1 aliphatic carbocycles. The second-order valence-corrected chi connectivity index (χ2v) is 5.36. The van der Waals surface area contributed by atoms with Crippen LogP contribution in [0.5, 0.6) is 0 Å². The van der Waals surface area contributed by atoms with E-state index in [0.29, 0.717) is 18.3 Å². The fraction of sp³-hybridized carbons (Fsp3) is 0.714. The number of nitrogens with two attached hydrogens (primary N) is 1. The van der Waals surface area contributed by atoms with Crippen LogP contribution in [0.15, 0.2) is 0 Å². The minimum absolute atomic E-state index is 0.122. The maximum Gasteiger partial charge on any atom is 0.148 e. The summed E-state index contributed by atoms with van der Waals surface area (Å²) in [6.45, 7) is 5.73. The molecule has 112 valence electrons. The van der Waals surface area contributed by atoms with E-state index >= 15 is 0 Å². The molecule has 0 atom stereocenters. The summed E-state index contributed by atoms with van der Waals surface area (Å²) in [5.74, 6) is 8.52. The quantitative estimate of drug-likeness (QED) is 0.494. The van der Waals surface area contributed by atoms with Gasteiger partial charge in [0, 0.05) is 24.6 Å². The monoisotopic (exact) mass is 279 g/mol. The lowest BCUT2D eigenvalue weighted by atomic mass is 10.2. The van der Waals surface area contributed by atoms with Crippen molar-refractivity contribution in [3.63, 3.8) is 0 Å². The number of unbranched alkanes of at least 4 members (excludes halogenated alkanes) is 1. The van der Waals surface area contributed by atoms with Crippen molar-refractivity contribution in [1.82, 2.24) is 9.97 Å². The summed E-state index contributed by atoms with van der Waals surface area (Å²) in [7, 11) is 0. The molecular weight excluding hydrogens is 254 g/mol. The van der Waals surface area contributed by atoms with Gasteiger partial charge in [0.15, 0.2) is 0 Å². The van der Waals surface area contributed by atoms with Crippen molar-refractivity contribution in [3.8, 4) is 0 Å². The average molecular weight is 279 g/mol. The predicted molar refractivity (Wildman–Crippen MR) is 80.8 cm³/mol. The molecule has 1 aromatic heterocycles. The Labute approximate surface area is 120 Å². The summed E-state index contributed by atoms with van der Waals surface area (Å²) >= 11 is 0. The van der Waals surface area contributed by atoms with Gasteiger partial charge in [0.25, 0.3) is 0 Å². The highest BCUT2D eigenvalue weighted by molar-refractivity contribution is 5.58. The zero-order valence-corrected chi connectivity index (χ0v) is 12.4. The van der Waals surface area contributed by atoms with Gasteiger partial charge in [0.05, 0.1) is 6.61 Å². The summed E-state index contributed by atoms with van der Waals surface area (Å²) in [6.07, 6.45) is 4.50. The number of nitrogen functional groups attached to an aromatic ring is 1. The van der Waals surface area contributed by atoms with Crippen LogP contribution in [0.3, 0.4) is 0 Å². The van der Waals surface area contributed by atoms with Gasteiger partial charge >= 0.3 is 0 Å². The van der Waals surface area contributed by atoms with Crippen molar-refractivity contribution >= 4 is 11.6 Å². The zero-order chi connectivity index (χ0) is 14.5. The number of aromatic nitrogens is 2. The summed E-state index contributed by atoms with van der Waals surface area (Å²) in [4.78, 5) is 11.4. The fourth-order valence-corrected chi connectivity index (χ4v) is 2.29. The molecule has 1 saturated carbocycles. The number of nitrogens with one attached hydrogen (secondary N) is 1. The van der Waals surface area contributed by atoms with E-state index in [1.54, 1.807) is 0 Å². The Hall–Kier alpha value is -1.40. The number of aliphatic hydroxyl groups excluding tert-OH is 1. The fourth-order valence-electron chi connectivity index (χ4n) is 2.29. The Bertz CT molecular complexity index is 447. The van der Waals surface area contributed by atoms with Crippen LogP contribution in [0.4, 0.5) is 11.6 Å². The molecule has 0 spiro atoms. The van der Waals surface area contributed by atoms with Crippen molar-refractivity contribution < 1.29 is 5.11 Å². The van der Waals surface area contributed by atoms with Gasteiger partial charge in [-0.1, -0.05) is 13.3 Å². The Balaban J connectivity index is 2.32. The molecule has 0 unspecified atom stereocenters. The van der Waals surface area contributed by atoms with E-state index in [2.05, 4.69) is 22.2 Å². The van der Waals surface area contributed by atoms with Crippen LogP contribution in [0.25, 0.3) is 0 Å². The number of rotatable bonds is 8. The average Bonchev–Trinajstić information content (AvgIpc) is 3.28. The molecule has 0 aromatic carbocycles. The second-order valence-electron chi connectivity index (χ2n) is 5.36. The Kier molecular flexibility index (Phi) is 5.14. The Morgan fingerprint density at radius 3 is 2.65 bits per heavy atom. The molecule has 4 N–H and O–H groups in total. The van der Waals surface area contributed by atoms with E-state index in [-0.39, 0.29) is 6.61 Å². The van der Waals surface area contributed by atoms with Gasteiger partial charge in [-0.2, -0.15) is 0 Å². The molecule has 0 bridgehead atoms. The summed E-state index contributed by atoms with van der Waals surface area (Å²) < 4.78 is 0. The molecule has 1 fully saturated rings. The van der Waals surface area contributed by atoms with E-state index in [1.165, 1.54) is 0 Å². The van der Waals surface area contributed by atoms with Gasteiger partial charge in [-0.25, -0.2) is 15.8 Å². The summed E-state index contributed by atoms with van der Waals surface area (Å²) in [5, 5.41) is 9.28. The largest absolute Gasteiger partial charge is 0.395 e. The van der Waals surface area contributed by atoms with E-state index in [1.807, 2.05) is 6.92 Å². The highest BCUT2D eigenvalue weighted by Gasteiger charge is 2.29. The maximum absolute atomic E-state index is 9.28. The van der Waals surface area contributed by atoms with Crippen molar-refractivity contribution in [3.05, 3.63) is 11.4 Å². The maximum atomic E-state index is 9.28. The molecule has 1 aromatic rings. The van der Waals surface area contributed by atoms with E-state index in [9.17, 15) is 5.11 Å². The lowest BCUT2D eigenvalue weighted by Crippen LogP contribution is -2.30. The number of hydrogen-bond donors (Lipinski definition) is 3. The van der Waals surface area contributed by atoms with Crippen LogP contribution < -0.4 is 16.2 Å². The van der Waals surface area contributed by atoms with Crippen LogP contribution in [0.1, 0.15) is 49.9 Å². The van der Waals surface area contributed by atoms with Crippen molar-refractivity contribution in [2.75, 3.05) is 30.0 Å². The van der Waals surface area contributed by atoms with Crippen molar-refractivity contribution in [2.24, 2.45) is 5.84 Å². The van der Waals surface area contributed by atoms with Crippen molar-refractivity contribution in [2.45, 2.75) is 45.4 Å². The molecule has 2 rings (SSSR count). The van der Waals surface area contributed by atoms with Crippen molar-refractivity contribution in [1.29, 1.82) is 0 Å². The molecule has 0 radical (unpaired) electrons. The number of aliphatic hydroxyl groups is 1. The molecule has 0 aliphatic heterocycles. The Morgan fingerprint density at radius 2 is 2.10 bits per heavy atom. The molecule has 6 nitrogen and oxygen atoms in total. The lowest BCUT2D eigenvalue weighted by Gasteiger charge is -2.25. The molecule has 1 aliphatic rings.